The van der Waals surface area contributed by atoms with Crippen LogP contribution < -0.4 is 5.32 Å². The van der Waals surface area contributed by atoms with Gasteiger partial charge in [-0.15, -0.1) is 0 Å². The Kier molecular flexibility index (Phi) is 9.88. The molecule has 7 heteroatoms. The number of halogens is 1. The SMILES string of the molecule is CCC(C)N(CC(=O)N(Cc1cccn1Cc1ccccc1Cl)C1CCCCC1)C(=O)Nc1ccccc1. The molecular weight excluding hydrogens is 496 g/mol. The quantitative estimate of drug-likeness (QED) is 0.299. The van der Waals surface area contributed by atoms with Crippen LogP contribution in [0.15, 0.2) is 72.9 Å². The van der Waals surface area contributed by atoms with E-state index in [1.54, 1.807) is 4.90 Å². The summed E-state index contributed by atoms with van der Waals surface area (Å²) < 4.78 is 2.17. The number of amides is 3. The van der Waals surface area contributed by atoms with Gasteiger partial charge in [0.25, 0.3) is 0 Å². The number of hydrogen-bond acceptors (Lipinski definition) is 2. The first-order valence-electron chi connectivity index (χ1n) is 13.8. The standard InChI is InChI=1S/C31H39ClN4O2/c1-3-24(2)35(31(38)33-26-14-6-4-7-15-26)23-30(37)36(27-16-8-5-9-17-27)22-28-18-12-20-34(28)21-25-13-10-11-19-29(25)32/h4,6-7,10-15,18-20,24,27H,3,5,8-9,16-17,21-23H2,1-2H3,(H,33,38). The number of carbonyl (C=O) groups is 2. The van der Waals surface area contributed by atoms with Gasteiger partial charge in [-0.25, -0.2) is 4.79 Å². The Labute approximate surface area is 231 Å². The first-order chi connectivity index (χ1) is 18.5. The topological polar surface area (TPSA) is 57.6 Å². The van der Waals surface area contributed by atoms with Gasteiger partial charge in [-0.05, 0) is 62.1 Å². The Morgan fingerprint density at radius 2 is 1.71 bits per heavy atom. The number of aromatic nitrogens is 1. The van der Waals surface area contributed by atoms with Crippen LogP contribution in [-0.4, -0.2) is 44.9 Å². The molecule has 1 aromatic heterocycles. The Morgan fingerprint density at radius 3 is 2.42 bits per heavy atom. The molecule has 1 N–H and O–H groups in total. The highest BCUT2D eigenvalue weighted by atomic mass is 35.5. The first-order valence-corrected chi connectivity index (χ1v) is 14.1. The van der Waals surface area contributed by atoms with Crippen molar-refractivity contribution in [3.05, 3.63) is 89.2 Å². The van der Waals surface area contributed by atoms with Crippen molar-refractivity contribution in [1.29, 1.82) is 0 Å². The van der Waals surface area contributed by atoms with Crippen molar-refractivity contribution in [2.75, 3.05) is 11.9 Å². The molecule has 1 atom stereocenters. The fourth-order valence-electron chi connectivity index (χ4n) is 5.15. The van der Waals surface area contributed by atoms with Crippen molar-refractivity contribution in [3.8, 4) is 0 Å². The van der Waals surface area contributed by atoms with Gasteiger partial charge in [0.1, 0.15) is 6.54 Å². The zero-order chi connectivity index (χ0) is 26.9. The van der Waals surface area contributed by atoms with Crippen LogP contribution in [-0.2, 0) is 17.9 Å². The molecule has 0 radical (unpaired) electrons. The van der Waals surface area contributed by atoms with E-state index in [1.807, 2.05) is 85.6 Å². The number of hydrogen-bond donors (Lipinski definition) is 1. The van der Waals surface area contributed by atoms with Crippen molar-refractivity contribution >= 4 is 29.2 Å². The molecule has 1 aliphatic carbocycles. The summed E-state index contributed by atoms with van der Waals surface area (Å²) >= 11 is 6.44. The number of para-hydroxylation sites is 1. The van der Waals surface area contributed by atoms with E-state index in [2.05, 4.69) is 16.0 Å². The van der Waals surface area contributed by atoms with E-state index in [4.69, 9.17) is 11.6 Å². The maximum atomic E-state index is 14.0. The number of nitrogens with zero attached hydrogens (tertiary/aromatic N) is 3. The van der Waals surface area contributed by atoms with Crippen LogP contribution in [0.2, 0.25) is 5.02 Å². The average Bonchev–Trinajstić information content (AvgIpc) is 3.38. The summed E-state index contributed by atoms with van der Waals surface area (Å²) in [4.78, 5) is 30.9. The van der Waals surface area contributed by atoms with Crippen LogP contribution in [0.4, 0.5) is 10.5 Å². The maximum absolute atomic E-state index is 14.0. The molecule has 4 rings (SSSR count). The highest BCUT2D eigenvalue weighted by Crippen LogP contribution is 2.26. The molecule has 0 spiro atoms. The normalized spacial score (nSPS) is 14.6. The third-order valence-electron chi connectivity index (χ3n) is 7.60. The van der Waals surface area contributed by atoms with Crippen LogP contribution in [0.25, 0.3) is 0 Å². The highest BCUT2D eigenvalue weighted by Gasteiger charge is 2.30. The second-order valence-corrected chi connectivity index (χ2v) is 10.6. The summed E-state index contributed by atoms with van der Waals surface area (Å²) in [7, 11) is 0. The molecule has 1 aliphatic rings. The molecule has 6 nitrogen and oxygen atoms in total. The molecule has 2 aromatic carbocycles. The number of benzene rings is 2. The van der Waals surface area contributed by atoms with Gasteiger partial charge in [0.2, 0.25) is 5.91 Å². The van der Waals surface area contributed by atoms with Crippen molar-refractivity contribution in [3.63, 3.8) is 0 Å². The van der Waals surface area contributed by atoms with E-state index < -0.39 is 0 Å². The Hall–Kier alpha value is -3.25. The van der Waals surface area contributed by atoms with Crippen molar-refractivity contribution in [1.82, 2.24) is 14.4 Å². The van der Waals surface area contributed by atoms with Crippen LogP contribution in [0.5, 0.6) is 0 Å². The summed E-state index contributed by atoms with van der Waals surface area (Å²) in [5, 5.41) is 3.70. The Morgan fingerprint density at radius 1 is 1.00 bits per heavy atom. The van der Waals surface area contributed by atoms with Crippen molar-refractivity contribution in [2.24, 2.45) is 0 Å². The third kappa shape index (κ3) is 7.19. The van der Waals surface area contributed by atoms with Gasteiger partial charge in [-0.3, -0.25) is 4.79 Å². The molecule has 1 unspecified atom stereocenters. The molecule has 0 aliphatic heterocycles. The molecule has 1 saturated carbocycles. The molecule has 202 valence electrons. The lowest BCUT2D eigenvalue weighted by atomic mass is 9.94. The van der Waals surface area contributed by atoms with Gasteiger partial charge in [-0.2, -0.15) is 0 Å². The Bertz CT molecular complexity index is 1190. The molecular formula is C31H39ClN4O2. The zero-order valence-corrected chi connectivity index (χ0v) is 23.2. The van der Waals surface area contributed by atoms with Crippen LogP contribution in [0, 0.1) is 0 Å². The van der Waals surface area contributed by atoms with Gasteiger partial charge in [-0.1, -0.05) is 74.2 Å². The predicted octanol–water partition coefficient (Wildman–Crippen LogP) is 7.18. The highest BCUT2D eigenvalue weighted by molar-refractivity contribution is 6.31. The van der Waals surface area contributed by atoms with Gasteiger partial charge < -0.3 is 19.7 Å². The summed E-state index contributed by atoms with van der Waals surface area (Å²) in [6, 6.07) is 21.2. The fraction of sp³-hybridized carbons (Fsp3) is 0.419. The van der Waals surface area contributed by atoms with Gasteiger partial charge in [0.15, 0.2) is 0 Å². The number of anilines is 1. The smallest absolute Gasteiger partial charge is 0.322 e. The Balaban J connectivity index is 1.54. The van der Waals surface area contributed by atoms with E-state index in [9.17, 15) is 9.59 Å². The number of urea groups is 1. The molecule has 3 amide bonds. The molecule has 0 bridgehead atoms. The first kappa shape index (κ1) is 27.8. The summed E-state index contributed by atoms with van der Waals surface area (Å²) in [5.41, 5.74) is 2.83. The average molecular weight is 535 g/mol. The van der Waals surface area contributed by atoms with E-state index in [1.165, 1.54) is 6.42 Å². The van der Waals surface area contributed by atoms with Gasteiger partial charge >= 0.3 is 6.03 Å². The van der Waals surface area contributed by atoms with E-state index in [0.717, 1.165) is 54.1 Å². The number of nitrogens with one attached hydrogen (secondary N) is 1. The van der Waals surface area contributed by atoms with E-state index in [0.29, 0.717) is 13.1 Å². The van der Waals surface area contributed by atoms with Gasteiger partial charge in [0, 0.05) is 41.2 Å². The van der Waals surface area contributed by atoms with E-state index >= 15 is 0 Å². The zero-order valence-electron chi connectivity index (χ0n) is 22.5. The molecule has 38 heavy (non-hydrogen) atoms. The molecule has 0 saturated heterocycles. The van der Waals surface area contributed by atoms with Crippen molar-refractivity contribution < 1.29 is 9.59 Å². The minimum absolute atomic E-state index is 0.00842. The minimum atomic E-state index is -0.246. The second kappa shape index (κ2) is 13.5. The number of rotatable bonds is 10. The summed E-state index contributed by atoms with van der Waals surface area (Å²) in [5.74, 6) is -0.00842. The lowest BCUT2D eigenvalue weighted by Gasteiger charge is -2.37. The molecule has 3 aromatic rings. The largest absolute Gasteiger partial charge is 0.345 e. The predicted molar refractivity (Wildman–Crippen MR) is 154 cm³/mol. The lowest BCUT2D eigenvalue weighted by Crippen LogP contribution is -2.50. The molecule has 1 heterocycles. The number of carbonyl (C=O) groups excluding carboxylic acids is 2. The fourth-order valence-corrected chi connectivity index (χ4v) is 5.34. The maximum Gasteiger partial charge on any atom is 0.322 e. The van der Waals surface area contributed by atoms with Crippen molar-refractivity contribution in [2.45, 2.75) is 77.5 Å². The third-order valence-corrected chi connectivity index (χ3v) is 7.97. The molecule has 1 fully saturated rings. The monoisotopic (exact) mass is 534 g/mol. The van der Waals surface area contributed by atoms with Gasteiger partial charge in [0.05, 0.1) is 6.54 Å². The summed E-state index contributed by atoms with van der Waals surface area (Å²) in [6.07, 6.45) is 8.25. The lowest BCUT2D eigenvalue weighted by molar-refractivity contribution is -0.136. The van der Waals surface area contributed by atoms with Crippen LogP contribution in [0.1, 0.15) is 63.6 Å². The second-order valence-electron chi connectivity index (χ2n) is 10.2. The summed E-state index contributed by atoms with van der Waals surface area (Å²) in [6.45, 7) is 5.24. The van der Waals surface area contributed by atoms with Crippen LogP contribution in [0.3, 0.4) is 0 Å². The van der Waals surface area contributed by atoms with E-state index in [-0.39, 0.29) is 30.6 Å². The van der Waals surface area contributed by atoms with Crippen LogP contribution >= 0.6 is 11.6 Å². The minimum Gasteiger partial charge on any atom is -0.345 e.